The van der Waals surface area contributed by atoms with Crippen LogP contribution in [0.1, 0.15) is 30.7 Å². The van der Waals surface area contributed by atoms with E-state index in [1.807, 2.05) is 24.3 Å². The zero-order valence-corrected chi connectivity index (χ0v) is 12.1. The zero-order chi connectivity index (χ0) is 14.2. The van der Waals surface area contributed by atoms with Crippen molar-refractivity contribution in [1.29, 1.82) is 0 Å². The fraction of sp³-hybridized carbons (Fsp3) is 0.467. The summed E-state index contributed by atoms with van der Waals surface area (Å²) in [6.07, 6.45) is 2.53. The number of aromatic nitrogens is 2. The molecule has 5 heteroatoms. The normalized spacial score (nSPS) is 10.7. The van der Waals surface area contributed by atoms with Gasteiger partial charge in [0.05, 0.1) is 13.5 Å². The first-order valence-corrected chi connectivity index (χ1v) is 6.96. The molecule has 2 aromatic rings. The van der Waals surface area contributed by atoms with Crippen LogP contribution in [0.3, 0.4) is 0 Å². The van der Waals surface area contributed by atoms with Gasteiger partial charge >= 0.3 is 0 Å². The lowest BCUT2D eigenvalue weighted by atomic mass is 10.1. The molecule has 108 valence electrons. The van der Waals surface area contributed by atoms with E-state index < -0.39 is 0 Å². The molecule has 0 amide bonds. The molecule has 1 aromatic heterocycles. The standard InChI is InChI=1S/C15H21N3O2/c1-3-8-16-9-7-14-17-18-15(20-14)11-12-5-4-6-13(10-12)19-2/h4-6,10,16H,3,7-9,11H2,1-2H3. The monoisotopic (exact) mass is 275 g/mol. The number of nitrogens with zero attached hydrogens (tertiary/aromatic N) is 2. The molecule has 0 radical (unpaired) electrons. The molecule has 0 fully saturated rings. The summed E-state index contributed by atoms with van der Waals surface area (Å²) in [4.78, 5) is 0. The number of hydrogen-bond donors (Lipinski definition) is 1. The Hall–Kier alpha value is -1.88. The molecular weight excluding hydrogens is 254 g/mol. The fourth-order valence-electron chi connectivity index (χ4n) is 1.91. The maximum absolute atomic E-state index is 5.64. The van der Waals surface area contributed by atoms with E-state index in [9.17, 15) is 0 Å². The van der Waals surface area contributed by atoms with Crippen LogP contribution in [-0.4, -0.2) is 30.4 Å². The highest BCUT2D eigenvalue weighted by molar-refractivity contribution is 5.29. The van der Waals surface area contributed by atoms with Crippen molar-refractivity contribution in [3.63, 3.8) is 0 Å². The van der Waals surface area contributed by atoms with Crippen molar-refractivity contribution >= 4 is 0 Å². The van der Waals surface area contributed by atoms with E-state index >= 15 is 0 Å². The first-order valence-electron chi connectivity index (χ1n) is 6.96. The third-order valence-electron chi connectivity index (χ3n) is 2.94. The molecule has 0 saturated carbocycles. The molecule has 0 aliphatic rings. The maximum atomic E-state index is 5.64. The van der Waals surface area contributed by atoms with Crippen LogP contribution in [0.5, 0.6) is 5.75 Å². The van der Waals surface area contributed by atoms with E-state index in [0.717, 1.165) is 37.2 Å². The molecule has 1 N–H and O–H groups in total. The number of ether oxygens (including phenoxy) is 1. The topological polar surface area (TPSA) is 60.2 Å². The highest BCUT2D eigenvalue weighted by atomic mass is 16.5. The summed E-state index contributed by atoms with van der Waals surface area (Å²) >= 11 is 0. The first kappa shape index (κ1) is 14.5. The molecule has 0 saturated heterocycles. The minimum atomic E-state index is 0.632. The number of hydrogen-bond acceptors (Lipinski definition) is 5. The average molecular weight is 275 g/mol. The Bertz CT molecular complexity index is 525. The summed E-state index contributed by atoms with van der Waals surface area (Å²) in [5.74, 6) is 2.17. The number of methoxy groups -OCH3 is 1. The molecular formula is C15H21N3O2. The molecule has 5 nitrogen and oxygen atoms in total. The lowest BCUT2D eigenvalue weighted by Gasteiger charge is -2.01. The first-order chi connectivity index (χ1) is 9.81. The molecule has 1 heterocycles. The summed E-state index contributed by atoms with van der Waals surface area (Å²) in [6, 6.07) is 7.88. The number of benzene rings is 1. The Morgan fingerprint density at radius 3 is 2.85 bits per heavy atom. The number of nitrogens with one attached hydrogen (secondary N) is 1. The van der Waals surface area contributed by atoms with Gasteiger partial charge in [0.25, 0.3) is 0 Å². The second kappa shape index (κ2) is 7.65. The summed E-state index contributed by atoms with van der Waals surface area (Å²) in [7, 11) is 1.66. The lowest BCUT2D eigenvalue weighted by molar-refractivity contribution is 0.414. The smallest absolute Gasteiger partial charge is 0.220 e. The van der Waals surface area contributed by atoms with Gasteiger partial charge in [0.15, 0.2) is 0 Å². The van der Waals surface area contributed by atoms with Gasteiger partial charge in [0.1, 0.15) is 5.75 Å². The molecule has 20 heavy (non-hydrogen) atoms. The SMILES string of the molecule is CCCNCCc1nnc(Cc2cccc(OC)c2)o1. The molecule has 0 unspecified atom stereocenters. The van der Waals surface area contributed by atoms with E-state index in [-0.39, 0.29) is 0 Å². The quantitative estimate of drug-likeness (QED) is 0.748. The molecule has 0 aliphatic carbocycles. The van der Waals surface area contributed by atoms with Gasteiger partial charge < -0.3 is 14.5 Å². The second-order valence-electron chi connectivity index (χ2n) is 4.62. The van der Waals surface area contributed by atoms with Crippen molar-refractivity contribution in [1.82, 2.24) is 15.5 Å². The zero-order valence-electron chi connectivity index (χ0n) is 12.1. The van der Waals surface area contributed by atoms with Crippen molar-refractivity contribution in [3.05, 3.63) is 41.6 Å². The predicted octanol–water partition coefficient (Wildman–Crippen LogP) is 2.21. The van der Waals surface area contributed by atoms with E-state index in [0.29, 0.717) is 18.2 Å². The molecule has 1 aromatic carbocycles. The minimum absolute atomic E-state index is 0.632. The van der Waals surface area contributed by atoms with Crippen LogP contribution in [0.2, 0.25) is 0 Å². The summed E-state index contributed by atoms with van der Waals surface area (Å²) in [5.41, 5.74) is 1.10. The van der Waals surface area contributed by atoms with Gasteiger partial charge in [-0.2, -0.15) is 0 Å². The Kier molecular flexibility index (Phi) is 5.55. The van der Waals surface area contributed by atoms with Crippen molar-refractivity contribution < 1.29 is 9.15 Å². The van der Waals surface area contributed by atoms with Gasteiger partial charge in [-0.05, 0) is 30.7 Å². The summed E-state index contributed by atoms with van der Waals surface area (Å²) in [6.45, 7) is 4.03. The highest BCUT2D eigenvalue weighted by Gasteiger charge is 2.07. The van der Waals surface area contributed by atoms with Gasteiger partial charge in [-0.25, -0.2) is 0 Å². The van der Waals surface area contributed by atoms with Crippen LogP contribution >= 0.6 is 0 Å². The van der Waals surface area contributed by atoms with Crippen LogP contribution in [-0.2, 0) is 12.8 Å². The van der Waals surface area contributed by atoms with Crippen LogP contribution in [0.15, 0.2) is 28.7 Å². The van der Waals surface area contributed by atoms with Crippen molar-refractivity contribution in [2.45, 2.75) is 26.2 Å². The molecule has 2 rings (SSSR count). The van der Waals surface area contributed by atoms with Gasteiger partial charge in [0.2, 0.25) is 11.8 Å². The lowest BCUT2D eigenvalue weighted by Crippen LogP contribution is -2.17. The van der Waals surface area contributed by atoms with Crippen LogP contribution in [0.25, 0.3) is 0 Å². The van der Waals surface area contributed by atoms with Gasteiger partial charge in [-0.15, -0.1) is 10.2 Å². The second-order valence-corrected chi connectivity index (χ2v) is 4.62. The van der Waals surface area contributed by atoms with Crippen molar-refractivity contribution in [2.75, 3.05) is 20.2 Å². The summed E-state index contributed by atoms with van der Waals surface area (Å²) < 4.78 is 10.8. The Labute approximate surface area is 119 Å². The van der Waals surface area contributed by atoms with Gasteiger partial charge in [0, 0.05) is 13.0 Å². The van der Waals surface area contributed by atoms with E-state index in [1.165, 1.54) is 0 Å². The third kappa shape index (κ3) is 4.35. The Morgan fingerprint density at radius 2 is 2.05 bits per heavy atom. The molecule has 0 aliphatic heterocycles. The van der Waals surface area contributed by atoms with E-state index in [4.69, 9.17) is 9.15 Å². The van der Waals surface area contributed by atoms with Crippen molar-refractivity contribution in [3.8, 4) is 5.75 Å². The average Bonchev–Trinajstić information content (AvgIpc) is 2.91. The fourth-order valence-corrected chi connectivity index (χ4v) is 1.91. The Morgan fingerprint density at radius 1 is 1.20 bits per heavy atom. The molecule has 0 atom stereocenters. The van der Waals surface area contributed by atoms with Crippen LogP contribution in [0, 0.1) is 0 Å². The summed E-state index contributed by atoms with van der Waals surface area (Å²) in [5, 5.41) is 11.5. The van der Waals surface area contributed by atoms with Gasteiger partial charge in [-0.1, -0.05) is 19.1 Å². The maximum Gasteiger partial charge on any atom is 0.220 e. The minimum Gasteiger partial charge on any atom is -0.497 e. The third-order valence-corrected chi connectivity index (χ3v) is 2.94. The van der Waals surface area contributed by atoms with Crippen LogP contribution < -0.4 is 10.1 Å². The largest absolute Gasteiger partial charge is 0.497 e. The Balaban J connectivity index is 1.88. The van der Waals surface area contributed by atoms with E-state index in [2.05, 4.69) is 22.4 Å². The van der Waals surface area contributed by atoms with Crippen molar-refractivity contribution in [2.24, 2.45) is 0 Å². The predicted molar refractivity (Wildman–Crippen MR) is 77.0 cm³/mol. The highest BCUT2D eigenvalue weighted by Crippen LogP contribution is 2.15. The molecule has 0 spiro atoms. The van der Waals surface area contributed by atoms with Gasteiger partial charge in [-0.3, -0.25) is 0 Å². The number of rotatable bonds is 8. The van der Waals surface area contributed by atoms with E-state index in [1.54, 1.807) is 7.11 Å². The molecule has 0 bridgehead atoms. The van der Waals surface area contributed by atoms with Crippen LogP contribution in [0.4, 0.5) is 0 Å².